The quantitative estimate of drug-likeness (QED) is 0.463. The number of hydrogen-bond donors (Lipinski definition) is 1. The first kappa shape index (κ1) is 20.1. The Bertz CT molecular complexity index is 949. The number of halogens is 2. The van der Waals surface area contributed by atoms with E-state index >= 15 is 0 Å². The molecule has 0 aliphatic carbocycles. The van der Waals surface area contributed by atoms with Crippen LogP contribution in [0.4, 0.5) is 5.69 Å². The fourth-order valence-corrected chi connectivity index (χ4v) is 4.36. The van der Waals surface area contributed by atoms with Crippen LogP contribution in [0.1, 0.15) is 12.0 Å². The molecule has 1 N–H and O–H groups in total. The van der Waals surface area contributed by atoms with E-state index in [4.69, 9.17) is 23.8 Å². The topological polar surface area (TPSA) is 49.4 Å². The fraction of sp³-hybridized carbons (Fsp3) is 0.105. The number of benzene rings is 2. The maximum Gasteiger partial charge on any atom is 0.266 e. The first-order valence-corrected chi connectivity index (χ1v) is 10.4. The van der Waals surface area contributed by atoms with Crippen LogP contribution in [-0.2, 0) is 9.59 Å². The molecule has 1 saturated heterocycles. The van der Waals surface area contributed by atoms with E-state index < -0.39 is 0 Å². The lowest BCUT2D eigenvalue weighted by Crippen LogP contribution is -2.31. The Hall–Kier alpha value is -1.67. The smallest absolute Gasteiger partial charge is 0.266 e. The number of anilines is 1. The number of rotatable bonds is 5. The zero-order valence-electron chi connectivity index (χ0n) is 13.9. The Labute approximate surface area is 180 Å². The van der Waals surface area contributed by atoms with Gasteiger partial charge in [0.15, 0.2) is 0 Å². The summed E-state index contributed by atoms with van der Waals surface area (Å²) in [7, 11) is 0. The van der Waals surface area contributed by atoms with Gasteiger partial charge in [0.05, 0.1) is 4.91 Å². The summed E-state index contributed by atoms with van der Waals surface area (Å²) in [5, 5.41) is 3.31. The SMILES string of the molecule is O=C(CCN1C(=O)C(=Cc2cccc(Br)c2)SC1=S)Nc1cccc(Cl)c1. The van der Waals surface area contributed by atoms with Crippen molar-refractivity contribution in [3.05, 3.63) is 68.5 Å². The molecule has 1 aliphatic heterocycles. The highest BCUT2D eigenvalue weighted by Crippen LogP contribution is 2.33. The van der Waals surface area contributed by atoms with Crippen molar-refractivity contribution in [3.8, 4) is 0 Å². The van der Waals surface area contributed by atoms with Crippen LogP contribution >= 0.6 is 51.5 Å². The zero-order valence-corrected chi connectivity index (χ0v) is 17.9. The van der Waals surface area contributed by atoms with Crippen molar-refractivity contribution in [2.45, 2.75) is 6.42 Å². The number of hydrogen-bond acceptors (Lipinski definition) is 4. The van der Waals surface area contributed by atoms with Crippen molar-refractivity contribution in [1.29, 1.82) is 0 Å². The van der Waals surface area contributed by atoms with Crippen molar-refractivity contribution in [2.75, 3.05) is 11.9 Å². The molecule has 0 aromatic heterocycles. The lowest BCUT2D eigenvalue weighted by Gasteiger charge is -2.14. The second kappa shape index (κ2) is 9.01. The maximum absolute atomic E-state index is 12.6. The van der Waals surface area contributed by atoms with Gasteiger partial charge >= 0.3 is 0 Å². The van der Waals surface area contributed by atoms with Crippen LogP contribution in [0.5, 0.6) is 0 Å². The normalized spacial score (nSPS) is 15.5. The third-order valence-electron chi connectivity index (χ3n) is 3.69. The monoisotopic (exact) mass is 480 g/mol. The van der Waals surface area contributed by atoms with Gasteiger partial charge in [0.25, 0.3) is 5.91 Å². The van der Waals surface area contributed by atoms with E-state index in [-0.39, 0.29) is 24.8 Å². The molecule has 0 bridgehead atoms. The highest BCUT2D eigenvalue weighted by Gasteiger charge is 2.32. The van der Waals surface area contributed by atoms with Crippen LogP contribution in [0.3, 0.4) is 0 Å². The van der Waals surface area contributed by atoms with Crippen molar-refractivity contribution in [1.82, 2.24) is 4.90 Å². The fourth-order valence-electron chi connectivity index (χ4n) is 2.44. The van der Waals surface area contributed by atoms with Gasteiger partial charge in [-0.15, -0.1) is 0 Å². The molecule has 1 fully saturated rings. The molecule has 0 unspecified atom stereocenters. The average Bonchev–Trinajstić information content (AvgIpc) is 2.86. The molecular formula is C19H14BrClN2O2S2. The molecule has 0 saturated carbocycles. The van der Waals surface area contributed by atoms with Crippen LogP contribution in [0.15, 0.2) is 57.9 Å². The van der Waals surface area contributed by atoms with Crippen molar-refractivity contribution in [2.24, 2.45) is 0 Å². The molecule has 0 spiro atoms. The molecule has 4 nitrogen and oxygen atoms in total. The number of thiocarbonyl (C=S) groups is 1. The van der Waals surface area contributed by atoms with Gasteiger partial charge in [-0.05, 0) is 42.0 Å². The number of carbonyl (C=O) groups is 2. The molecule has 27 heavy (non-hydrogen) atoms. The van der Waals surface area contributed by atoms with E-state index in [0.717, 1.165) is 10.0 Å². The number of thioether (sulfide) groups is 1. The largest absolute Gasteiger partial charge is 0.326 e. The highest BCUT2D eigenvalue weighted by atomic mass is 79.9. The van der Waals surface area contributed by atoms with E-state index in [2.05, 4.69) is 21.2 Å². The van der Waals surface area contributed by atoms with Gasteiger partial charge in [-0.3, -0.25) is 14.5 Å². The molecule has 0 atom stereocenters. The van der Waals surface area contributed by atoms with E-state index in [9.17, 15) is 9.59 Å². The lowest BCUT2D eigenvalue weighted by molar-refractivity contribution is -0.122. The van der Waals surface area contributed by atoms with Crippen LogP contribution in [-0.4, -0.2) is 27.6 Å². The van der Waals surface area contributed by atoms with Crippen LogP contribution in [0.2, 0.25) is 5.02 Å². The molecule has 1 heterocycles. The van der Waals surface area contributed by atoms with Gasteiger partial charge in [-0.2, -0.15) is 0 Å². The lowest BCUT2D eigenvalue weighted by atomic mass is 10.2. The summed E-state index contributed by atoms with van der Waals surface area (Å²) in [6, 6.07) is 14.6. The molecule has 1 aliphatic rings. The number of nitrogens with zero attached hydrogens (tertiary/aromatic N) is 1. The summed E-state index contributed by atoms with van der Waals surface area (Å²) in [4.78, 5) is 26.8. The minimum atomic E-state index is -0.206. The van der Waals surface area contributed by atoms with E-state index in [1.807, 2.05) is 24.3 Å². The van der Waals surface area contributed by atoms with Gasteiger partial charge in [0.2, 0.25) is 5.91 Å². The van der Waals surface area contributed by atoms with Gasteiger partial charge in [0, 0.05) is 28.1 Å². The molecule has 3 rings (SSSR count). The standard InChI is InChI=1S/C19H14BrClN2O2S2/c20-13-4-1-3-12(9-13)10-16-18(25)23(19(26)27-16)8-7-17(24)22-15-6-2-5-14(21)11-15/h1-6,9-11H,7-8H2,(H,22,24). The summed E-state index contributed by atoms with van der Waals surface area (Å²) < 4.78 is 1.39. The highest BCUT2D eigenvalue weighted by molar-refractivity contribution is 9.10. The maximum atomic E-state index is 12.6. The Kier molecular flexibility index (Phi) is 6.70. The van der Waals surface area contributed by atoms with Crippen LogP contribution < -0.4 is 5.32 Å². The molecule has 2 amide bonds. The third kappa shape index (κ3) is 5.42. The van der Waals surface area contributed by atoms with Crippen LogP contribution in [0.25, 0.3) is 6.08 Å². The second-order valence-electron chi connectivity index (χ2n) is 5.70. The number of nitrogens with one attached hydrogen (secondary N) is 1. The van der Waals surface area contributed by atoms with E-state index in [1.54, 1.807) is 30.3 Å². The first-order valence-electron chi connectivity index (χ1n) is 7.99. The average molecular weight is 482 g/mol. The van der Waals surface area contributed by atoms with Crippen molar-refractivity contribution in [3.63, 3.8) is 0 Å². The summed E-state index contributed by atoms with van der Waals surface area (Å²) >= 11 is 15.9. The van der Waals surface area contributed by atoms with Crippen LogP contribution in [0, 0.1) is 0 Å². The Morgan fingerprint density at radius 2 is 2.04 bits per heavy atom. The Morgan fingerprint density at radius 3 is 2.78 bits per heavy atom. The van der Waals surface area contributed by atoms with E-state index in [0.29, 0.717) is 19.9 Å². The molecular weight excluding hydrogens is 468 g/mol. The minimum absolute atomic E-state index is 0.142. The summed E-state index contributed by atoms with van der Waals surface area (Å²) in [5.41, 5.74) is 1.52. The zero-order chi connectivity index (χ0) is 19.4. The van der Waals surface area contributed by atoms with Gasteiger partial charge in [0.1, 0.15) is 4.32 Å². The summed E-state index contributed by atoms with van der Waals surface area (Å²) in [6.07, 6.45) is 1.94. The van der Waals surface area contributed by atoms with Crippen molar-refractivity contribution < 1.29 is 9.59 Å². The molecule has 8 heteroatoms. The Balaban J connectivity index is 1.61. The second-order valence-corrected chi connectivity index (χ2v) is 8.72. The molecule has 0 radical (unpaired) electrons. The number of amides is 2. The summed E-state index contributed by atoms with van der Waals surface area (Å²) in [5.74, 6) is -0.386. The predicted molar refractivity (Wildman–Crippen MR) is 119 cm³/mol. The van der Waals surface area contributed by atoms with E-state index in [1.165, 1.54) is 16.7 Å². The summed E-state index contributed by atoms with van der Waals surface area (Å²) in [6.45, 7) is 0.229. The molecule has 2 aromatic carbocycles. The van der Waals surface area contributed by atoms with Crippen molar-refractivity contribution >= 4 is 79.4 Å². The first-order chi connectivity index (χ1) is 12.9. The molecule has 2 aromatic rings. The van der Waals surface area contributed by atoms with Gasteiger partial charge < -0.3 is 5.32 Å². The third-order valence-corrected chi connectivity index (χ3v) is 5.80. The van der Waals surface area contributed by atoms with Gasteiger partial charge in [-0.25, -0.2) is 0 Å². The molecule has 138 valence electrons. The number of carbonyl (C=O) groups excluding carboxylic acids is 2. The Morgan fingerprint density at radius 1 is 1.26 bits per heavy atom. The van der Waals surface area contributed by atoms with Gasteiger partial charge in [-0.1, -0.05) is 69.7 Å². The predicted octanol–water partition coefficient (Wildman–Crippen LogP) is 5.33. The minimum Gasteiger partial charge on any atom is -0.326 e.